The number of hydrogen-bond acceptors (Lipinski definition) is 3. The molecular weight excluding hydrogens is 204 g/mol. The molecule has 1 saturated carbocycles. The zero-order valence-corrected chi connectivity index (χ0v) is 10.9. The van der Waals surface area contributed by atoms with Crippen LogP contribution in [0, 0.1) is 5.92 Å². The van der Waals surface area contributed by atoms with Crippen LogP contribution in [-0.2, 0) is 0 Å². The van der Waals surface area contributed by atoms with Crippen LogP contribution in [0.3, 0.4) is 0 Å². The summed E-state index contributed by atoms with van der Waals surface area (Å²) in [4.78, 5) is 4.76. The minimum Gasteiger partial charge on any atom is -0.360 e. The summed E-state index contributed by atoms with van der Waals surface area (Å²) in [6.07, 6.45) is 5.35. The molecule has 0 aromatic heterocycles. The number of aliphatic imine (C=N–C) groups is 1. The molecule has 1 N–H and O–H groups in total. The summed E-state index contributed by atoms with van der Waals surface area (Å²) in [7, 11) is 0. The topological polar surface area (TPSA) is 24.4 Å². The molecule has 2 nitrogen and oxygen atoms in total. The van der Waals surface area contributed by atoms with Gasteiger partial charge < -0.3 is 5.32 Å². The van der Waals surface area contributed by atoms with Gasteiger partial charge in [-0.15, -0.1) is 0 Å². The van der Waals surface area contributed by atoms with E-state index in [0.717, 1.165) is 5.75 Å². The van der Waals surface area contributed by atoms with E-state index in [1.165, 1.54) is 30.9 Å². The first kappa shape index (κ1) is 11.3. The maximum atomic E-state index is 4.76. The van der Waals surface area contributed by atoms with Gasteiger partial charge in [0.1, 0.15) is 0 Å². The first-order valence-electron chi connectivity index (χ1n) is 6.08. The lowest BCUT2D eigenvalue weighted by Gasteiger charge is -2.25. The molecule has 1 fully saturated rings. The molecule has 1 aliphatic heterocycles. The smallest absolute Gasteiger partial charge is 0.157 e. The Bertz CT molecular complexity index is 254. The number of nitrogens with zero attached hydrogens (tertiary/aromatic N) is 1. The van der Waals surface area contributed by atoms with Crippen LogP contribution < -0.4 is 5.32 Å². The second-order valence-corrected chi connectivity index (χ2v) is 6.46. The molecule has 1 atom stereocenters. The summed E-state index contributed by atoms with van der Waals surface area (Å²) >= 11 is 1.90. The highest BCUT2D eigenvalue weighted by Gasteiger charge is 2.31. The van der Waals surface area contributed by atoms with Gasteiger partial charge in [-0.1, -0.05) is 38.5 Å². The van der Waals surface area contributed by atoms with Crippen molar-refractivity contribution in [2.75, 3.05) is 5.75 Å². The molecule has 86 valence electrons. The van der Waals surface area contributed by atoms with Crippen LogP contribution in [0.4, 0.5) is 0 Å². The van der Waals surface area contributed by atoms with Crippen molar-refractivity contribution in [1.29, 1.82) is 0 Å². The van der Waals surface area contributed by atoms with Gasteiger partial charge in [0.05, 0.1) is 6.04 Å². The molecule has 0 amide bonds. The fourth-order valence-electron chi connectivity index (χ4n) is 2.34. The third kappa shape index (κ3) is 2.68. The zero-order valence-electron chi connectivity index (χ0n) is 10.0. The van der Waals surface area contributed by atoms with E-state index >= 15 is 0 Å². The van der Waals surface area contributed by atoms with E-state index in [0.29, 0.717) is 17.5 Å². The molecule has 2 rings (SSSR count). The normalized spacial score (nSPS) is 29.6. The summed E-state index contributed by atoms with van der Waals surface area (Å²) in [5, 5.41) is 4.84. The molecule has 15 heavy (non-hydrogen) atoms. The number of rotatable bonds is 2. The van der Waals surface area contributed by atoms with Gasteiger partial charge in [0.25, 0.3) is 0 Å². The summed E-state index contributed by atoms with van der Waals surface area (Å²) in [5.74, 6) is 1.84. The van der Waals surface area contributed by atoms with Gasteiger partial charge in [-0.3, -0.25) is 4.99 Å². The van der Waals surface area contributed by atoms with Crippen LogP contribution >= 0.6 is 11.8 Å². The van der Waals surface area contributed by atoms with Crippen LogP contribution in [-0.4, -0.2) is 22.5 Å². The van der Waals surface area contributed by atoms with Gasteiger partial charge in [-0.05, 0) is 25.7 Å². The lowest BCUT2D eigenvalue weighted by molar-refractivity contribution is 0.433. The second-order valence-electron chi connectivity index (χ2n) is 5.45. The van der Waals surface area contributed by atoms with Gasteiger partial charge in [0.2, 0.25) is 0 Å². The Labute approximate surface area is 97.3 Å². The largest absolute Gasteiger partial charge is 0.360 e. The number of nitrogens with one attached hydrogen (secondary N) is 1. The fraction of sp³-hybridized carbons (Fsp3) is 0.917. The van der Waals surface area contributed by atoms with Crippen LogP contribution in [0.1, 0.15) is 46.5 Å². The van der Waals surface area contributed by atoms with E-state index < -0.39 is 0 Å². The van der Waals surface area contributed by atoms with Crippen molar-refractivity contribution >= 4 is 16.9 Å². The minimum absolute atomic E-state index is 0.331. The maximum Gasteiger partial charge on any atom is 0.157 e. The molecule has 0 radical (unpaired) electrons. The maximum absolute atomic E-state index is 4.76. The first-order valence-corrected chi connectivity index (χ1v) is 7.06. The van der Waals surface area contributed by atoms with Crippen molar-refractivity contribution in [2.45, 2.75) is 58.0 Å². The highest BCUT2D eigenvalue weighted by atomic mass is 32.2. The molecule has 1 heterocycles. The van der Waals surface area contributed by atoms with Crippen molar-refractivity contribution in [3.63, 3.8) is 0 Å². The van der Waals surface area contributed by atoms with Gasteiger partial charge in [0.15, 0.2) is 5.17 Å². The van der Waals surface area contributed by atoms with Crippen LogP contribution in [0.2, 0.25) is 0 Å². The highest BCUT2D eigenvalue weighted by Crippen LogP contribution is 2.31. The third-order valence-corrected chi connectivity index (χ3v) is 4.55. The molecule has 0 aromatic rings. The Hall–Kier alpha value is -0.180. The van der Waals surface area contributed by atoms with E-state index in [4.69, 9.17) is 4.99 Å². The Morgan fingerprint density at radius 3 is 2.60 bits per heavy atom. The molecule has 0 bridgehead atoms. The molecule has 0 aromatic carbocycles. The van der Waals surface area contributed by atoms with Crippen molar-refractivity contribution < 1.29 is 0 Å². The molecule has 3 heteroatoms. The quantitative estimate of drug-likeness (QED) is 0.782. The number of hydrogen-bond donors (Lipinski definition) is 1. The lowest BCUT2D eigenvalue weighted by Crippen LogP contribution is -2.41. The Balaban J connectivity index is 1.93. The van der Waals surface area contributed by atoms with E-state index in [9.17, 15) is 0 Å². The number of amidine groups is 1. The first-order chi connectivity index (χ1) is 7.09. The van der Waals surface area contributed by atoms with Crippen molar-refractivity contribution in [3.05, 3.63) is 0 Å². The molecular formula is C12H22N2S. The Morgan fingerprint density at radius 2 is 2.07 bits per heavy atom. The Morgan fingerprint density at radius 1 is 1.40 bits per heavy atom. The zero-order chi connectivity index (χ0) is 10.9. The standard InChI is InChI=1S/C12H22N2S/c1-9(2)10-8-15-11(13-10)14-12(3)6-4-5-7-12/h9-10H,4-8H2,1-3H3,(H,13,14). The Kier molecular flexibility index (Phi) is 3.29. The molecule has 1 aliphatic carbocycles. The monoisotopic (exact) mass is 226 g/mol. The average molecular weight is 226 g/mol. The predicted molar refractivity (Wildman–Crippen MR) is 68.5 cm³/mol. The molecule has 0 spiro atoms. The third-order valence-electron chi connectivity index (χ3n) is 3.56. The molecule has 2 aliphatic rings. The van der Waals surface area contributed by atoms with Crippen molar-refractivity contribution in [1.82, 2.24) is 5.32 Å². The molecule has 1 unspecified atom stereocenters. The van der Waals surface area contributed by atoms with Crippen molar-refractivity contribution in [2.24, 2.45) is 10.9 Å². The van der Waals surface area contributed by atoms with Gasteiger partial charge in [0, 0.05) is 11.3 Å². The van der Waals surface area contributed by atoms with E-state index in [1.54, 1.807) is 0 Å². The summed E-state index contributed by atoms with van der Waals surface area (Å²) in [6, 6.07) is 0.530. The van der Waals surface area contributed by atoms with E-state index in [2.05, 4.69) is 26.1 Å². The lowest BCUT2D eigenvalue weighted by atomic mass is 10.0. The molecule has 0 saturated heterocycles. The van der Waals surface area contributed by atoms with Crippen LogP contribution in [0.15, 0.2) is 4.99 Å². The fourth-order valence-corrected chi connectivity index (χ4v) is 3.65. The van der Waals surface area contributed by atoms with Gasteiger partial charge in [-0.2, -0.15) is 0 Å². The van der Waals surface area contributed by atoms with Crippen LogP contribution in [0.5, 0.6) is 0 Å². The van der Waals surface area contributed by atoms with Gasteiger partial charge in [-0.25, -0.2) is 0 Å². The second kappa shape index (κ2) is 4.36. The summed E-state index contributed by atoms with van der Waals surface area (Å²) in [5.41, 5.74) is 0.331. The van der Waals surface area contributed by atoms with Crippen molar-refractivity contribution in [3.8, 4) is 0 Å². The summed E-state index contributed by atoms with van der Waals surface area (Å²) < 4.78 is 0. The van der Waals surface area contributed by atoms with Crippen LogP contribution in [0.25, 0.3) is 0 Å². The minimum atomic E-state index is 0.331. The number of thioether (sulfide) groups is 1. The average Bonchev–Trinajstić information content (AvgIpc) is 2.75. The summed E-state index contributed by atoms with van der Waals surface area (Å²) in [6.45, 7) is 6.86. The SMILES string of the molecule is CC(C)C1CSC(NC2(C)CCCC2)=N1. The van der Waals surface area contributed by atoms with Gasteiger partial charge >= 0.3 is 0 Å². The highest BCUT2D eigenvalue weighted by molar-refractivity contribution is 8.14. The predicted octanol–water partition coefficient (Wildman–Crippen LogP) is 3.04. The van der Waals surface area contributed by atoms with E-state index in [1.807, 2.05) is 11.8 Å². The van der Waals surface area contributed by atoms with E-state index in [-0.39, 0.29) is 0 Å².